The molecule has 2 N–H and O–H groups in total. The zero-order valence-corrected chi connectivity index (χ0v) is 19.6. The van der Waals surface area contributed by atoms with Gasteiger partial charge in [-0.3, -0.25) is 14.0 Å². The van der Waals surface area contributed by atoms with Gasteiger partial charge in [0.2, 0.25) is 0 Å². The van der Waals surface area contributed by atoms with Gasteiger partial charge in [0.1, 0.15) is 17.0 Å². The zero-order valence-electron chi connectivity index (χ0n) is 19.6. The molecule has 3 aliphatic rings. The molecule has 3 heterocycles. The van der Waals surface area contributed by atoms with Crippen molar-refractivity contribution >= 4 is 17.5 Å². The van der Waals surface area contributed by atoms with Gasteiger partial charge in [-0.05, 0) is 67.9 Å². The lowest BCUT2D eigenvalue weighted by atomic mass is 9.58. The van der Waals surface area contributed by atoms with E-state index in [2.05, 4.69) is 17.2 Å². The Morgan fingerprint density at radius 1 is 1.21 bits per heavy atom. The summed E-state index contributed by atoms with van der Waals surface area (Å²) in [6.45, 7) is 4.08. The number of carbonyl (C=O) groups is 2. The van der Waals surface area contributed by atoms with E-state index in [1.165, 1.54) is 44.9 Å². The molecule has 7 nitrogen and oxygen atoms in total. The number of rotatable bonds is 5. The number of aliphatic hydroxyl groups excluding tert-OH is 1. The number of imidazole rings is 1. The molecule has 2 saturated carbocycles. The maximum atomic E-state index is 13.2. The van der Waals surface area contributed by atoms with Crippen molar-refractivity contribution in [1.82, 2.24) is 19.6 Å². The Kier molecular flexibility index (Phi) is 6.16. The van der Waals surface area contributed by atoms with E-state index in [4.69, 9.17) is 0 Å². The van der Waals surface area contributed by atoms with Crippen LogP contribution in [0, 0.1) is 17.3 Å². The Labute approximate surface area is 195 Å². The Morgan fingerprint density at radius 2 is 2.03 bits per heavy atom. The van der Waals surface area contributed by atoms with Crippen LogP contribution in [-0.2, 0) is 0 Å². The van der Waals surface area contributed by atoms with E-state index in [0.29, 0.717) is 43.0 Å². The van der Waals surface area contributed by atoms with Gasteiger partial charge in [-0.1, -0.05) is 32.3 Å². The summed E-state index contributed by atoms with van der Waals surface area (Å²) < 4.78 is 1.73. The van der Waals surface area contributed by atoms with Gasteiger partial charge >= 0.3 is 0 Å². The molecule has 2 bridgehead atoms. The Balaban J connectivity index is 1.31. The molecule has 1 aliphatic heterocycles. The molecule has 1 saturated heterocycles. The van der Waals surface area contributed by atoms with Crippen LogP contribution in [0.3, 0.4) is 0 Å². The summed E-state index contributed by atoms with van der Waals surface area (Å²) in [6, 6.07) is 5.45. The normalized spacial score (nSPS) is 28.1. The van der Waals surface area contributed by atoms with Crippen LogP contribution in [0.4, 0.5) is 0 Å². The molecule has 3 unspecified atom stereocenters. The van der Waals surface area contributed by atoms with Crippen LogP contribution in [0.1, 0.15) is 85.7 Å². The molecule has 178 valence electrons. The van der Waals surface area contributed by atoms with Crippen LogP contribution < -0.4 is 5.32 Å². The molecular weight excluding hydrogens is 416 g/mol. The van der Waals surface area contributed by atoms with Gasteiger partial charge in [-0.2, -0.15) is 0 Å². The molecule has 2 aromatic rings. The van der Waals surface area contributed by atoms with Gasteiger partial charge < -0.3 is 15.3 Å². The lowest BCUT2D eigenvalue weighted by molar-refractivity contribution is 0.0368. The van der Waals surface area contributed by atoms with Crippen LogP contribution in [-0.4, -0.2) is 56.9 Å². The van der Waals surface area contributed by atoms with Crippen LogP contribution in [0.5, 0.6) is 0 Å². The highest BCUT2D eigenvalue weighted by Gasteiger charge is 2.42. The van der Waals surface area contributed by atoms with Crippen LogP contribution in [0.25, 0.3) is 5.65 Å². The third-order valence-corrected chi connectivity index (χ3v) is 8.33. The summed E-state index contributed by atoms with van der Waals surface area (Å²) in [7, 11) is 0. The van der Waals surface area contributed by atoms with Crippen LogP contribution >= 0.6 is 0 Å². The number of nitrogens with zero attached hydrogens (tertiary/aromatic N) is 3. The van der Waals surface area contributed by atoms with Crippen molar-refractivity contribution in [3.63, 3.8) is 0 Å². The Hall–Kier alpha value is -2.41. The average Bonchev–Trinajstić information content (AvgIpc) is 3.27. The smallest absolute Gasteiger partial charge is 0.274 e. The van der Waals surface area contributed by atoms with E-state index in [0.717, 1.165) is 18.4 Å². The summed E-state index contributed by atoms with van der Waals surface area (Å²) in [5.74, 6) is 1.35. The van der Waals surface area contributed by atoms with Gasteiger partial charge in [0.25, 0.3) is 11.8 Å². The van der Waals surface area contributed by atoms with E-state index >= 15 is 0 Å². The first-order chi connectivity index (χ1) is 16.0. The highest BCUT2D eigenvalue weighted by atomic mass is 16.3. The number of hydrogen-bond donors (Lipinski definition) is 2. The standard InChI is InChI=1S/C26H36N4O3/c1-2-18-13-19-5-4-10-26(14-18,15-19)17-27-24(32)22-6-3-7-23-28-21(16-30(22)23)25(33)29-11-8-20(31)9-12-29/h3,6-7,16,18-20,31H,2,4-5,8-15,17H2,1H3,(H,27,32). The lowest BCUT2D eigenvalue weighted by Gasteiger charge is -2.48. The fourth-order valence-electron chi connectivity index (χ4n) is 6.57. The second-order valence-electron chi connectivity index (χ2n) is 10.6. The van der Waals surface area contributed by atoms with Crippen molar-refractivity contribution in [2.75, 3.05) is 19.6 Å². The molecule has 2 amide bonds. The first-order valence-electron chi connectivity index (χ1n) is 12.7. The van der Waals surface area contributed by atoms with E-state index in [9.17, 15) is 14.7 Å². The number of amides is 2. The van der Waals surface area contributed by atoms with Crippen LogP contribution in [0.2, 0.25) is 0 Å². The lowest BCUT2D eigenvalue weighted by Crippen LogP contribution is -2.45. The fourth-order valence-corrected chi connectivity index (χ4v) is 6.57. The number of pyridine rings is 1. The number of nitrogens with one attached hydrogen (secondary N) is 1. The Morgan fingerprint density at radius 3 is 2.82 bits per heavy atom. The molecule has 0 aromatic carbocycles. The number of fused-ring (bicyclic) bond motifs is 3. The number of hydrogen-bond acceptors (Lipinski definition) is 4. The molecule has 5 rings (SSSR count). The maximum absolute atomic E-state index is 13.2. The monoisotopic (exact) mass is 452 g/mol. The summed E-state index contributed by atoms with van der Waals surface area (Å²) in [6.07, 6.45) is 11.4. The molecule has 7 heteroatoms. The minimum Gasteiger partial charge on any atom is -0.393 e. The number of likely N-dealkylation sites (tertiary alicyclic amines) is 1. The summed E-state index contributed by atoms with van der Waals surface area (Å²) in [5, 5.41) is 13.0. The van der Waals surface area contributed by atoms with E-state index < -0.39 is 0 Å². The number of carbonyl (C=O) groups excluding carboxylic acids is 2. The second-order valence-corrected chi connectivity index (χ2v) is 10.6. The molecule has 33 heavy (non-hydrogen) atoms. The Bertz CT molecular complexity index is 1030. The van der Waals surface area contributed by atoms with Crippen molar-refractivity contribution < 1.29 is 14.7 Å². The molecule has 0 radical (unpaired) electrons. The number of aromatic nitrogens is 2. The summed E-state index contributed by atoms with van der Waals surface area (Å²) >= 11 is 0. The topological polar surface area (TPSA) is 86.9 Å². The van der Waals surface area contributed by atoms with Gasteiger partial charge in [0, 0.05) is 25.8 Å². The molecule has 3 fully saturated rings. The van der Waals surface area contributed by atoms with Crippen molar-refractivity contribution in [2.24, 2.45) is 17.3 Å². The number of aliphatic hydroxyl groups is 1. The molecular formula is C26H36N4O3. The third-order valence-electron chi connectivity index (χ3n) is 8.33. The first kappa shape index (κ1) is 22.4. The van der Waals surface area contributed by atoms with Gasteiger partial charge in [-0.25, -0.2) is 4.98 Å². The minimum atomic E-state index is -0.332. The number of piperidine rings is 1. The van der Waals surface area contributed by atoms with E-state index in [1.54, 1.807) is 21.6 Å². The quantitative estimate of drug-likeness (QED) is 0.725. The van der Waals surface area contributed by atoms with Crippen molar-refractivity contribution in [3.05, 3.63) is 35.8 Å². The highest BCUT2D eigenvalue weighted by molar-refractivity contribution is 5.95. The first-order valence-corrected chi connectivity index (χ1v) is 12.7. The molecule has 0 spiro atoms. The summed E-state index contributed by atoms with van der Waals surface area (Å²) in [4.78, 5) is 32.4. The fraction of sp³-hybridized carbons (Fsp3) is 0.654. The zero-order chi connectivity index (χ0) is 23.0. The highest BCUT2D eigenvalue weighted by Crippen LogP contribution is 2.51. The second kappa shape index (κ2) is 9.09. The molecule has 2 aromatic heterocycles. The largest absolute Gasteiger partial charge is 0.393 e. The van der Waals surface area contributed by atoms with Gasteiger partial charge in [0.15, 0.2) is 0 Å². The SMILES string of the molecule is CCC1CC2CCCC(CNC(=O)c3cccc4nc(C(=O)N5CCC(O)CC5)cn34)(C1)C2. The predicted octanol–water partition coefficient (Wildman–Crippen LogP) is 3.66. The molecule has 3 atom stereocenters. The minimum absolute atomic E-state index is 0.104. The summed E-state index contributed by atoms with van der Waals surface area (Å²) in [5.41, 5.74) is 1.70. The van der Waals surface area contributed by atoms with Gasteiger partial charge in [-0.15, -0.1) is 0 Å². The average molecular weight is 453 g/mol. The third kappa shape index (κ3) is 4.52. The van der Waals surface area contributed by atoms with Crippen molar-refractivity contribution in [3.8, 4) is 0 Å². The maximum Gasteiger partial charge on any atom is 0.274 e. The van der Waals surface area contributed by atoms with E-state index in [-0.39, 0.29) is 23.3 Å². The van der Waals surface area contributed by atoms with E-state index in [1.807, 2.05) is 12.1 Å². The van der Waals surface area contributed by atoms with Gasteiger partial charge in [0.05, 0.1) is 6.10 Å². The predicted molar refractivity (Wildman–Crippen MR) is 126 cm³/mol. The van der Waals surface area contributed by atoms with Crippen molar-refractivity contribution in [1.29, 1.82) is 0 Å². The van der Waals surface area contributed by atoms with Crippen molar-refractivity contribution in [2.45, 2.75) is 70.8 Å². The van der Waals surface area contributed by atoms with Crippen LogP contribution in [0.15, 0.2) is 24.4 Å². The molecule has 2 aliphatic carbocycles.